The smallest absolute Gasteiger partial charge is 0.331 e. The molecule has 1 aromatic carbocycles. The molecule has 6 atom stereocenters. The molecular weight excluding hydrogens is 582 g/mol. The molecular formula is C30H42BrNO8. The van der Waals surface area contributed by atoms with Crippen molar-refractivity contribution in [1.82, 2.24) is 0 Å². The molecule has 1 aromatic rings. The van der Waals surface area contributed by atoms with Gasteiger partial charge in [0.15, 0.2) is 11.5 Å². The molecule has 0 aromatic heterocycles. The lowest BCUT2D eigenvalue weighted by Crippen LogP contribution is -2.55. The number of benzene rings is 1. The number of methoxy groups -OCH3 is 2. The van der Waals surface area contributed by atoms with Crippen molar-refractivity contribution in [3.8, 4) is 11.5 Å². The molecule has 3 fully saturated rings. The van der Waals surface area contributed by atoms with Gasteiger partial charge in [-0.05, 0) is 79.7 Å². The first kappa shape index (κ1) is 31.0. The van der Waals surface area contributed by atoms with Gasteiger partial charge in [-0.15, -0.1) is 0 Å². The van der Waals surface area contributed by atoms with Crippen LogP contribution in [0.2, 0.25) is 0 Å². The molecule has 0 N–H and O–H groups in total. The fourth-order valence-corrected chi connectivity index (χ4v) is 6.34. The Labute approximate surface area is 245 Å². The Balaban J connectivity index is 1.42. The molecule has 0 amide bonds. The summed E-state index contributed by atoms with van der Waals surface area (Å²) in [7, 11) is 6.33. The monoisotopic (exact) mass is 623 g/mol. The van der Waals surface area contributed by atoms with E-state index in [1.807, 2.05) is 6.07 Å². The van der Waals surface area contributed by atoms with E-state index in [1.54, 1.807) is 40.5 Å². The second-order valence-corrected chi connectivity index (χ2v) is 12.7. The van der Waals surface area contributed by atoms with E-state index < -0.39 is 16.7 Å². The molecule has 1 aliphatic carbocycles. The van der Waals surface area contributed by atoms with Gasteiger partial charge in [-0.2, -0.15) is 0 Å². The van der Waals surface area contributed by atoms with E-state index in [-0.39, 0.29) is 35.9 Å². The zero-order chi connectivity index (χ0) is 29.3. The molecule has 222 valence electrons. The van der Waals surface area contributed by atoms with Crippen LogP contribution in [-0.2, 0) is 23.7 Å². The summed E-state index contributed by atoms with van der Waals surface area (Å²) in [6, 6.07) is 3.58. The Morgan fingerprint density at radius 1 is 1.27 bits per heavy atom. The quantitative estimate of drug-likeness (QED) is 0.0796. The van der Waals surface area contributed by atoms with Gasteiger partial charge in [0, 0.05) is 13.2 Å². The average Bonchev–Trinajstić information content (AvgIpc) is 3.79. The Morgan fingerprint density at radius 3 is 2.60 bits per heavy atom. The number of carbonyl (C=O) groups excluding carboxylic acids is 1. The summed E-state index contributed by atoms with van der Waals surface area (Å²) in [6.07, 6.45) is 6.92. The van der Waals surface area contributed by atoms with Gasteiger partial charge in [-0.1, -0.05) is 11.6 Å². The topological polar surface area (TPSA) is 102 Å². The van der Waals surface area contributed by atoms with Crippen LogP contribution in [0.15, 0.2) is 34.3 Å². The number of nitrogens with zero attached hydrogens (tertiary/aromatic N) is 1. The maximum atomic E-state index is 12.9. The lowest BCUT2D eigenvalue weighted by Gasteiger charge is -2.42. The summed E-state index contributed by atoms with van der Waals surface area (Å²) < 4.78 is 35.6. The molecule has 1 spiro atoms. The lowest BCUT2D eigenvalue weighted by molar-refractivity contribution is -0.840. The third-order valence-corrected chi connectivity index (χ3v) is 8.63. The highest BCUT2D eigenvalue weighted by atomic mass is 79.9. The minimum Gasteiger partial charge on any atom is -0.633 e. The summed E-state index contributed by atoms with van der Waals surface area (Å²) in [6.45, 7) is 7.50. The largest absolute Gasteiger partial charge is 0.633 e. The van der Waals surface area contributed by atoms with Crippen molar-refractivity contribution in [3.05, 3.63) is 45.1 Å². The zero-order valence-corrected chi connectivity index (χ0v) is 26.1. The molecule has 9 nitrogen and oxygen atoms in total. The van der Waals surface area contributed by atoms with E-state index in [1.165, 1.54) is 11.6 Å². The molecule has 0 radical (unpaired) electrons. The minimum absolute atomic E-state index is 0.0326. The van der Waals surface area contributed by atoms with Gasteiger partial charge in [0.2, 0.25) is 0 Å². The molecule has 0 bridgehead atoms. The SMILES string of the molecule is COc1cc(/C=C/C(=O)O[C@@H]2CC[C@]3(CO3)[C@@H]([C@@]3(C)O[C@@H]3CC=C(C)C)[C@@H]2OC)cc(Br)c1OCC[N+](C)(C)[O-]. The first-order valence-corrected chi connectivity index (χ1v) is 14.5. The molecule has 2 saturated heterocycles. The van der Waals surface area contributed by atoms with Crippen molar-refractivity contribution >= 4 is 28.0 Å². The summed E-state index contributed by atoms with van der Waals surface area (Å²) in [5, 5.41) is 11.8. The van der Waals surface area contributed by atoms with Gasteiger partial charge in [0.25, 0.3) is 0 Å². The summed E-state index contributed by atoms with van der Waals surface area (Å²) in [4.78, 5) is 12.9. The van der Waals surface area contributed by atoms with Gasteiger partial charge in [0.1, 0.15) is 36.6 Å². The Morgan fingerprint density at radius 2 is 2.00 bits per heavy atom. The molecule has 4 rings (SSSR count). The van der Waals surface area contributed by atoms with Crippen molar-refractivity contribution in [3.63, 3.8) is 0 Å². The number of esters is 1. The predicted octanol–water partition coefficient (Wildman–Crippen LogP) is 5.04. The van der Waals surface area contributed by atoms with E-state index in [4.69, 9.17) is 28.4 Å². The predicted molar refractivity (Wildman–Crippen MR) is 155 cm³/mol. The van der Waals surface area contributed by atoms with Crippen molar-refractivity contribution < 1.29 is 37.9 Å². The summed E-state index contributed by atoms with van der Waals surface area (Å²) in [5.74, 6) is 0.507. The van der Waals surface area contributed by atoms with E-state index in [0.29, 0.717) is 35.5 Å². The van der Waals surface area contributed by atoms with Crippen LogP contribution in [0.5, 0.6) is 11.5 Å². The number of ether oxygens (including phenoxy) is 6. The standard InChI is InChI=1S/C30H42BrNO8/c1-19(2)8-10-24-29(3,40-24)28-27(36-7)22(12-13-30(28)18-38-30)39-25(33)11-9-20-16-21(31)26(23(17-20)35-6)37-15-14-32(4,5)34/h8-9,11,16-17,22,24,27-28H,10,12-15,18H2,1-7H3/b11-9+/t22-,24-,27-,28-,29+,30+/m1/s1. The zero-order valence-electron chi connectivity index (χ0n) is 24.5. The summed E-state index contributed by atoms with van der Waals surface area (Å²) >= 11 is 3.51. The maximum Gasteiger partial charge on any atom is 0.331 e. The fraction of sp³-hybridized carbons (Fsp3) is 0.633. The number of rotatable bonds is 12. The van der Waals surface area contributed by atoms with E-state index in [0.717, 1.165) is 18.4 Å². The third kappa shape index (κ3) is 7.09. The van der Waals surface area contributed by atoms with Crippen LogP contribution in [0.1, 0.15) is 45.6 Å². The van der Waals surface area contributed by atoms with Gasteiger partial charge in [0.05, 0.1) is 44.3 Å². The normalized spacial score (nSPS) is 31.2. The van der Waals surface area contributed by atoms with E-state index in [9.17, 15) is 10.0 Å². The summed E-state index contributed by atoms with van der Waals surface area (Å²) in [5.41, 5.74) is 1.32. The van der Waals surface area contributed by atoms with Crippen molar-refractivity contribution in [1.29, 1.82) is 0 Å². The lowest BCUT2D eigenvalue weighted by atomic mass is 9.68. The van der Waals surface area contributed by atoms with Crippen LogP contribution in [0.4, 0.5) is 0 Å². The number of likely N-dealkylation sites (N-methyl/N-ethyl adjacent to an activating group) is 1. The number of hydrogen-bond acceptors (Lipinski definition) is 8. The Hall–Kier alpha value is -1.95. The van der Waals surface area contributed by atoms with Crippen LogP contribution in [0.3, 0.4) is 0 Å². The highest BCUT2D eigenvalue weighted by Crippen LogP contribution is 2.59. The second-order valence-electron chi connectivity index (χ2n) is 11.9. The number of hydroxylamine groups is 3. The number of quaternary nitrogens is 1. The van der Waals surface area contributed by atoms with E-state index in [2.05, 4.69) is 42.8 Å². The van der Waals surface area contributed by atoms with Gasteiger partial charge in [-0.25, -0.2) is 4.79 Å². The highest BCUT2D eigenvalue weighted by Gasteiger charge is 2.72. The first-order chi connectivity index (χ1) is 18.8. The Kier molecular flexibility index (Phi) is 9.39. The molecule has 10 heteroatoms. The molecule has 3 aliphatic rings. The maximum absolute atomic E-state index is 12.9. The number of hydrogen-bond donors (Lipinski definition) is 0. The number of epoxide rings is 2. The number of allylic oxidation sites excluding steroid dienone is 1. The van der Waals surface area contributed by atoms with Gasteiger partial charge >= 0.3 is 5.97 Å². The average molecular weight is 625 g/mol. The number of halogens is 1. The van der Waals surface area contributed by atoms with Gasteiger partial charge in [-0.3, -0.25) is 0 Å². The van der Waals surface area contributed by atoms with Crippen molar-refractivity contribution in [2.45, 2.75) is 69.5 Å². The van der Waals surface area contributed by atoms with E-state index >= 15 is 0 Å². The number of carbonyl (C=O) groups is 1. The van der Waals surface area contributed by atoms with Crippen LogP contribution >= 0.6 is 15.9 Å². The Bertz CT molecular complexity index is 1140. The second kappa shape index (κ2) is 12.1. The molecule has 0 unspecified atom stereocenters. The molecule has 1 saturated carbocycles. The van der Waals surface area contributed by atoms with Crippen LogP contribution in [0, 0.1) is 11.1 Å². The highest BCUT2D eigenvalue weighted by molar-refractivity contribution is 9.10. The minimum atomic E-state index is -0.453. The fourth-order valence-electron chi connectivity index (χ4n) is 5.77. The van der Waals surface area contributed by atoms with Crippen molar-refractivity contribution in [2.75, 3.05) is 48.1 Å². The molecule has 2 aliphatic heterocycles. The van der Waals surface area contributed by atoms with Crippen LogP contribution in [-0.4, -0.2) is 88.2 Å². The van der Waals surface area contributed by atoms with Crippen LogP contribution in [0.25, 0.3) is 6.08 Å². The van der Waals surface area contributed by atoms with Crippen molar-refractivity contribution in [2.24, 2.45) is 5.92 Å². The van der Waals surface area contributed by atoms with Gasteiger partial charge < -0.3 is 38.3 Å². The third-order valence-electron chi connectivity index (χ3n) is 8.04. The van der Waals surface area contributed by atoms with Crippen LogP contribution < -0.4 is 9.47 Å². The first-order valence-electron chi connectivity index (χ1n) is 13.7. The molecule has 40 heavy (non-hydrogen) atoms. The molecule has 2 heterocycles.